The predicted octanol–water partition coefficient (Wildman–Crippen LogP) is 3.86. The van der Waals surface area contributed by atoms with Crippen LogP contribution in [0.5, 0.6) is 11.5 Å². The van der Waals surface area contributed by atoms with E-state index >= 15 is 0 Å². The lowest BCUT2D eigenvalue weighted by atomic mass is 10.2. The summed E-state index contributed by atoms with van der Waals surface area (Å²) in [6.45, 7) is 7.58. The van der Waals surface area contributed by atoms with E-state index in [0.717, 1.165) is 0 Å². The second-order valence-electron chi connectivity index (χ2n) is 6.55. The molecule has 0 fully saturated rings. The van der Waals surface area contributed by atoms with E-state index in [9.17, 15) is 9.59 Å². The molecule has 0 aliphatic carbocycles. The molecule has 1 amide bonds. The number of methoxy groups -OCH3 is 1. The molecule has 1 aromatic heterocycles. The smallest absolute Gasteiger partial charge is 0.339 e. The average molecular weight is 411 g/mol. The Kier molecular flexibility index (Phi) is 7.28. The number of amides is 1. The highest BCUT2D eigenvalue weighted by molar-refractivity contribution is 6.32. The van der Waals surface area contributed by atoms with Crippen molar-refractivity contribution < 1.29 is 28.3 Å². The number of rotatable bonds is 8. The van der Waals surface area contributed by atoms with Crippen LogP contribution < -0.4 is 14.8 Å². The molecule has 0 aliphatic rings. The number of carbonyl (C=O) groups excluding carboxylic acids is 2. The number of halogens is 1. The Morgan fingerprint density at radius 3 is 2.54 bits per heavy atom. The minimum absolute atomic E-state index is 0.135. The molecule has 1 atom stereocenters. The number of nitrogens with zero attached hydrogens (tertiary/aromatic N) is 1. The number of benzene rings is 1. The van der Waals surface area contributed by atoms with Crippen LogP contribution in [0.3, 0.4) is 0 Å². The lowest BCUT2D eigenvalue weighted by Gasteiger charge is -2.16. The van der Waals surface area contributed by atoms with Crippen molar-refractivity contribution >= 4 is 29.3 Å². The third kappa shape index (κ3) is 5.63. The van der Waals surface area contributed by atoms with Crippen molar-refractivity contribution in [3.8, 4) is 11.5 Å². The molecular weight excluding hydrogens is 388 g/mol. The standard InChI is InChI=1S/C19H23ClN2O6/c1-10(2)9-26-17-14(20)7-13(8-15(17)25-5)19(24)27-12(4)18(23)21-16-6-11(3)28-22-16/h6-8,10,12H,9H2,1-5H3,(H,21,22,23). The lowest BCUT2D eigenvalue weighted by Crippen LogP contribution is -2.30. The van der Waals surface area contributed by atoms with Gasteiger partial charge in [0.2, 0.25) is 0 Å². The Hall–Kier alpha value is -2.74. The molecule has 0 radical (unpaired) electrons. The zero-order valence-corrected chi connectivity index (χ0v) is 17.1. The summed E-state index contributed by atoms with van der Waals surface area (Å²) in [6.07, 6.45) is -1.06. The van der Waals surface area contributed by atoms with Gasteiger partial charge in [-0.2, -0.15) is 0 Å². The molecule has 0 aliphatic heterocycles. The molecular formula is C19H23ClN2O6. The Balaban J connectivity index is 2.08. The Morgan fingerprint density at radius 2 is 1.96 bits per heavy atom. The zero-order valence-electron chi connectivity index (χ0n) is 16.4. The predicted molar refractivity (Wildman–Crippen MR) is 103 cm³/mol. The quantitative estimate of drug-likeness (QED) is 0.659. The van der Waals surface area contributed by atoms with Gasteiger partial charge in [0, 0.05) is 6.07 Å². The second-order valence-corrected chi connectivity index (χ2v) is 6.96. The van der Waals surface area contributed by atoms with Crippen molar-refractivity contribution in [3.63, 3.8) is 0 Å². The third-order valence-electron chi connectivity index (χ3n) is 3.56. The first-order valence-corrected chi connectivity index (χ1v) is 9.04. The van der Waals surface area contributed by atoms with Crippen molar-refractivity contribution in [1.82, 2.24) is 5.16 Å². The monoisotopic (exact) mass is 410 g/mol. The highest BCUT2D eigenvalue weighted by Gasteiger charge is 2.22. The molecule has 0 spiro atoms. The minimum atomic E-state index is -1.06. The molecule has 9 heteroatoms. The first-order valence-electron chi connectivity index (χ1n) is 8.66. The number of aryl methyl sites for hydroxylation is 1. The van der Waals surface area contributed by atoms with E-state index in [1.54, 1.807) is 13.0 Å². The fraction of sp³-hybridized carbons (Fsp3) is 0.421. The highest BCUT2D eigenvalue weighted by atomic mass is 35.5. The van der Waals surface area contributed by atoms with E-state index in [-0.39, 0.29) is 16.4 Å². The molecule has 2 rings (SSSR count). The van der Waals surface area contributed by atoms with E-state index in [1.165, 1.54) is 26.2 Å². The van der Waals surface area contributed by atoms with Gasteiger partial charge in [-0.25, -0.2) is 4.79 Å². The van der Waals surface area contributed by atoms with Gasteiger partial charge in [0.05, 0.1) is 24.3 Å². The first kappa shape index (κ1) is 21.6. The normalized spacial score (nSPS) is 11.8. The maximum Gasteiger partial charge on any atom is 0.339 e. The van der Waals surface area contributed by atoms with Crippen LogP contribution in [-0.4, -0.2) is 36.9 Å². The summed E-state index contributed by atoms with van der Waals surface area (Å²) in [6, 6.07) is 4.41. The number of ether oxygens (including phenoxy) is 3. The summed E-state index contributed by atoms with van der Waals surface area (Å²) >= 11 is 6.24. The van der Waals surface area contributed by atoms with Crippen LogP contribution in [0.25, 0.3) is 0 Å². The van der Waals surface area contributed by atoms with Crippen molar-refractivity contribution in [2.75, 3.05) is 19.0 Å². The molecule has 8 nitrogen and oxygen atoms in total. The van der Waals surface area contributed by atoms with Crippen LogP contribution in [0.4, 0.5) is 5.82 Å². The maximum atomic E-state index is 12.4. The Labute approximate surface area is 168 Å². The topological polar surface area (TPSA) is 99.9 Å². The Morgan fingerprint density at radius 1 is 1.25 bits per heavy atom. The lowest BCUT2D eigenvalue weighted by molar-refractivity contribution is -0.123. The number of aromatic nitrogens is 1. The SMILES string of the molecule is COc1cc(C(=O)OC(C)C(=O)Nc2cc(C)on2)cc(Cl)c1OCC(C)C. The van der Waals surface area contributed by atoms with Crippen LogP contribution in [0, 0.1) is 12.8 Å². The van der Waals surface area contributed by atoms with Crippen molar-refractivity contribution in [2.45, 2.75) is 33.8 Å². The van der Waals surface area contributed by atoms with Crippen LogP contribution in [-0.2, 0) is 9.53 Å². The molecule has 1 N–H and O–H groups in total. The summed E-state index contributed by atoms with van der Waals surface area (Å²) in [5, 5.41) is 6.36. The number of nitrogens with one attached hydrogen (secondary N) is 1. The first-order chi connectivity index (χ1) is 13.2. The van der Waals surface area contributed by atoms with Gasteiger partial charge in [0.25, 0.3) is 5.91 Å². The molecule has 1 heterocycles. The van der Waals surface area contributed by atoms with E-state index in [2.05, 4.69) is 10.5 Å². The molecule has 1 aromatic carbocycles. The Bertz CT molecular complexity index is 849. The number of esters is 1. The number of hydrogen-bond donors (Lipinski definition) is 1. The van der Waals surface area contributed by atoms with E-state index in [4.69, 9.17) is 30.3 Å². The van der Waals surface area contributed by atoms with Gasteiger partial charge in [-0.1, -0.05) is 30.6 Å². The second kappa shape index (κ2) is 9.45. The van der Waals surface area contributed by atoms with Crippen molar-refractivity contribution in [2.24, 2.45) is 5.92 Å². The fourth-order valence-electron chi connectivity index (χ4n) is 2.16. The number of anilines is 1. The van der Waals surface area contributed by atoms with Crippen molar-refractivity contribution in [3.05, 3.63) is 34.5 Å². The van der Waals surface area contributed by atoms with Gasteiger partial charge in [-0.15, -0.1) is 0 Å². The third-order valence-corrected chi connectivity index (χ3v) is 3.84. The van der Waals surface area contributed by atoms with Gasteiger partial charge in [-0.3, -0.25) is 4.79 Å². The van der Waals surface area contributed by atoms with Crippen molar-refractivity contribution in [1.29, 1.82) is 0 Å². The fourth-order valence-corrected chi connectivity index (χ4v) is 2.43. The number of hydrogen-bond acceptors (Lipinski definition) is 7. The van der Waals surface area contributed by atoms with Crippen LogP contribution in [0.2, 0.25) is 5.02 Å². The summed E-state index contributed by atoms with van der Waals surface area (Å²) in [4.78, 5) is 24.6. The highest BCUT2D eigenvalue weighted by Crippen LogP contribution is 2.37. The summed E-state index contributed by atoms with van der Waals surface area (Å²) in [5.74, 6) is 0.449. The molecule has 0 saturated heterocycles. The van der Waals surface area contributed by atoms with Crippen LogP contribution in [0.15, 0.2) is 22.7 Å². The van der Waals surface area contributed by atoms with Gasteiger partial charge in [-0.05, 0) is 31.9 Å². The molecule has 1 unspecified atom stereocenters. The molecule has 0 bridgehead atoms. The average Bonchev–Trinajstić information content (AvgIpc) is 3.04. The van der Waals surface area contributed by atoms with Crippen LogP contribution in [0.1, 0.15) is 36.9 Å². The van der Waals surface area contributed by atoms with E-state index < -0.39 is 18.0 Å². The van der Waals surface area contributed by atoms with Gasteiger partial charge >= 0.3 is 5.97 Å². The van der Waals surface area contributed by atoms with Gasteiger partial charge < -0.3 is 24.1 Å². The van der Waals surface area contributed by atoms with E-state index in [1.807, 2.05) is 13.8 Å². The van der Waals surface area contributed by atoms with Crippen LogP contribution >= 0.6 is 11.6 Å². The zero-order chi connectivity index (χ0) is 20.8. The molecule has 2 aromatic rings. The molecule has 152 valence electrons. The largest absolute Gasteiger partial charge is 0.493 e. The number of carbonyl (C=O) groups is 2. The van der Waals surface area contributed by atoms with E-state index in [0.29, 0.717) is 29.8 Å². The molecule has 0 saturated carbocycles. The summed E-state index contributed by atoms with van der Waals surface area (Å²) < 4.78 is 21.0. The van der Waals surface area contributed by atoms with Gasteiger partial charge in [0.1, 0.15) is 5.76 Å². The summed E-state index contributed by atoms with van der Waals surface area (Å²) in [5.41, 5.74) is 0.135. The minimum Gasteiger partial charge on any atom is -0.493 e. The summed E-state index contributed by atoms with van der Waals surface area (Å²) in [7, 11) is 1.44. The van der Waals surface area contributed by atoms with Gasteiger partial charge in [0.15, 0.2) is 23.4 Å². The molecule has 28 heavy (non-hydrogen) atoms. The maximum absolute atomic E-state index is 12.4.